The van der Waals surface area contributed by atoms with E-state index in [9.17, 15) is 9.90 Å². The summed E-state index contributed by atoms with van der Waals surface area (Å²) in [4.78, 5) is 16.0. The van der Waals surface area contributed by atoms with Crippen molar-refractivity contribution in [3.8, 4) is 5.75 Å². The summed E-state index contributed by atoms with van der Waals surface area (Å²) >= 11 is 0. The number of aromatic nitrogens is 1. The Morgan fingerprint density at radius 3 is 2.79 bits per heavy atom. The van der Waals surface area contributed by atoms with E-state index >= 15 is 0 Å². The van der Waals surface area contributed by atoms with Crippen molar-refractivity contribution < 1.29 is 14.6 Å². The summed E-state index contributed by atoms with van der Waals surface area (Å²) in [6.45, 7) is 3.19. The smallest absolute Gasteiger partial charge is 0.310 e. The highest BCUT2D eigenvalue weighted by molar-refractivity contribution is 5.76. The number of carboxylic acids is 1. The van der Waals surface area contributed by atoms with E-state index in [1.165, 1.54) is 5.56 Å². The molecule has 0 bridgehead atoms. The van der Waals surface area contributed by atoms with Crippen LogP contribution in [0.5, 0.6) is 5.75 Å². The second-order valence-electron chi connectivity index (χ2n) is 8.26. The van der Waals surface area contributed by atoms with Gasteiger partial charge in [-0.1, -0.05) is 42.5 Å². The van der Waals surface area contributed by atoms with E-state index in [4.69, 9.17) is 4.74 Å². The van der Waals surface area contributed by atoms with Crippen LogP contribution in [0.2, 0.25) is 0 Å². The summed E-state index contributed by atoms with van der Waals surface area (Å²) in [7, 11) is 1.57. The fourth-order valence-electron chi connectivity index (χ4n) is 4.25. The number of hydrogen-bond donors (Lipinski definition) is 4. The quantitative estimate of drug-likeness (QED) is 0.394. The molecule has 4 N–H and O–H groups in total. The Hall–Kier alpha value is -3.58. The van der Waals surface area contributed by atoms with Crippen molar-refractivity contribution in [3.63, 3.8) is 0 Å². The lowest BCUT2D eigenvalue weighted by Crippen LogP contribution is -2.44. The summed E-state index contributed by atoms with van der Waals surface area (Å²) in [5, 5.41) is 20.2. The molecule has 4 rings (SSSR count). The molecule has 0 unspecified atom stereocenters. The molecule has 0 saturated carbocycles. The molecule has 0 fully saturated rings. The molecule has 0 radical (unpaired) electrons. The number of pyridine rings is 1. The van der Waals surface area contributed by atoms with Gasteiger partial charge < -0.3 is 25.8 Å². The van der Waals surface area contributed by atoms with E-state index < -0.39 is 11.9 Å². The SMILES string of the molecule is COc1ccc(CCN[C@H](c2ccccc2)[C@H]2CNc3cccnc3N2)cc1[C@@H](C)C(=O)O. The van der Waals surface area contributed by atoms with Gasteiger partial charge in [0.1, 0.15) is 11.6 Å². The average molecular weight is 447 g/mol. The third kappa shape index (κ3) is 5.26. The van der Waals surface area contributed by atoms with Crippen LogP contribution in [0.15, 0.2) is 66.9 Å². The summed E-state index contributed by atoms with van der Waals surface area (Å²) in [6, 6.07) is 20.3. The third-order valence-corrected chi connectivity index (χ3v) is 6.11. The number of hydrogen-bond acceptors (Lipinski definition) is 6. The summed E-state index contributed by atoms with van der Waals surface area (Å²) in [5.74, 6) is -0.0289. The zero-order valence-electron chi connectivity index (χ0n) is 18.9. The van der Waals surface area contributed by atoms with Crippen molar-refractivity contribution >= 4 is 17.5 Å². The molecule has 0 spiro atoms. The molecular formula is C26H30N4O3. The first-order valence-electron chi connectivity index (χ1n) is 11.2. The molecule has 1 aromatic heterocycles. The number of carbonyl (C=O) groups is 1. The van der Waals surface area contributed by atoms with Crippen molar-refractivity contribution in [2.75, 3.05) is 30.8 Å². The van der Waals surface area contributed by atoms with E-state index in [2.05, 4.69) is 45.2 Å². The first-order valence-corrected chi connectivity index (χ1v) is 11.2. The molecule has 2 aromatic carbocycles. The number of rotatable bonds is 9. The van der Waals surface area contributed by atoms with Gasteiger partial charge in [-0.15, -0.1) is 0 Å². The van der Waals surface area contributed by atoms with Gasteiger partial charge in [-0.2, -0.15) is 0 Å². The van der Waals surface area contributed by atoms with Gasteiger partial charge in [-0.05, 0) is 49.2 Å². The second-order valence-corrected chi connectivity index (χ2v) is 8.26. The lowest BCUT2D eigenvalue weighted by atomic mass is 9.96. The maximum Gasteiger partial charge on any atom is 0.310 e. The van der Waals surface area contributed by atoms with E-state index in [1.807, 2.05) is 36.4 Å². The summed E-state index contributed by atoms with van der Waals surface area (Å²) in [5.41, 5.74) is 3.98. The van der Waals surface area contributed by atoms with Crippen molar-refractivity contribution in [1.29, 1.82) is 0 Å². The van der Waals surface area contributed by atoms with Crippen LogP contribution < -0.4 is 20.7 Å². The van der Waals surface area contributed by atoms with Gasteiger partial charge in [0.2, 0.25) is 0 Å². The number of ether oxygens (including phenoxy) is 1. The Bertz CT molecular complexity index is 1090. The maximum atomic E-state index is 11.5. The highest BCUT2D eigenvalue weighted by atomic mass is 16.5. The van der Waals surface area contributed by atoms with Crippen LogP contribution in [0.3, 0.4) is 0 Å². The zero-order chi connectivity index (χ0) is 23.2. The zero-order valence-corrected chi connectivity index (χ0v) is 18.9. The number of anilines is 2. The summed E-state index contributed by atoms with van der Waals surface area (Å²) < 4.78 is 5.38. The van der Waals surface area contributed by atoms with Crippen LogP contribution in [0.25, 0.3) is 0 Å². The van der Waals surface area contributed by atoms with Crippen LogP contribution in [-0.4, -0.2) is 42.3 Å². The molecule has 7 nitrogen and oxygen atoms in total. The minimum atomic E-state index is -0.863. The molecule has 3 aromatic rings. The molecule has 7 heteroatoms. The van der Waals surface area contributed by atoms with Gasteiger partial charge in [-0.3, -0.25) is 4.79 Å². The van der Waals surface area contributed by atoms with Crippen LogP contribution in [0.1, 0.15) is 35.6 Å². The standard InChI is InChI=1S/C26H30N4O3/c1-17(26(31)32)20-15-18(10-11-23(20)33-2)12-14-27-24(19-7-4-3-5-8-19)22-16-29-21-9-6-13-28-25(21)30-22/h3-11,13,15,17,22,24,27,29H,12,14,16H2,1-2H3,(H,28,30)(H,31,32)/t17-,22-,24-/m1/s1. The molecule has 33 heavy (non-hydrogen) atoms. The monoisotopic (exact) mass is 446 g/mol. The molecule has 1 aliphatic rings. The first kappa shape index (κ1) is 22.6. The lowest BCUT2D eigenvalue weighted by molar-refractivity contribution is -0.138. The fraction of sp³-hybridized carbons (Fsp3) is 0.308. The predicted molar refractivity (Wildman–Crippen MR) is 130 cm³/mol. The van der Waals surface area contributed by atoms with Gasteiger partial charge in [0.15, 0.2) is 0 Å². The number of nitrogens with one attached hydrogen (secondary N) is 3. The minimum Gasteiger partial charge on any atom is -0.496 e. The molecule has 0 amide bonds. The topological polar surface area (TPSA) is 95.5 Å². The Labute approximate surface area is 194 Å². The highest BCUT2D eigenvalue weighted by Gasteiger charge is 2.27. The Morgan fingerprint density at radius 1 is 1.21 bits per heavy atom. The number of fused-ring (bicyclic) bond motifs is 1. The van der Waals surface area contributed by atoms with Crippen LogP contribution >= 0.6 is 0 Å². The van der Waals surface area contributed by atoms with Gasteiger partial charge in [0.25, 0.3) is 0 Å². The molecule has 0 aliphatic carbocycles. The van der Waals surface area contributed by atoms with Crippen LogP contribution in [0.4, 0.5) is 11.5 Å². The molecule has 2 heterocycles. The highest BCUT2D eigenvalue weighted by Crippen LogP contribution is 2.30. The van der Waals surface area contributed by atoms with Gasteiger partial charge >= 0.3 is 5.97 Å². The Balaban J connectivity index is 1.48. The molecular weight excluding hydrogens is 416 g/mol. The first-order chi connectivity index (χ1) is 16.1. The van der Waals surface area contributed by atoms with E-state index in [-0.39, 0.29) is 12.1 Å². The third-order valence-electron chi connectivity index (χ3n) is 6.11. The van der Waals surface area contributed by atoms with Crippen LogP contribution in [-0.2, 0) is 11.2 Å². The molecule has 3 atom stereocenters. The minimum absolute atomic E-state index is 0.0736. The van der Waals surface area contributed by atoms with E-state index in [1.54, 1.807) is 20.2 Å². The number of carboxylic acid groups (broad SMARTS) is 1. The largest absolute Gasteiger partial charge is 0.496 e. The molecule has 172 valence electrons. The van der Waals surface area contributed by atoms with Crippen LogP contribution in [0, 0.1) is 0 Å². The van der Waals surface area contributed by atoms with Gasteiger partial charge in [-0.25, -0.2) is 4.98 Å². The fourth-order valence-corrected chi connectivity index (χ4v) is 4.25. The maximum absolute atomic E-state index is 11.5. The van der Waals surface area contributed by atoms with Crippen molar-refractivity contribution in [1.82, 2.24) is 10.3 Å². The van der Waals surface area contributed by atoms with Gasteiger partial charge in [0, 0.05) is 18.3 Å². The van der Waals surface area contributed by atoms with E-state index in [0.29, 0.717) is 11.3 Å². The Morgan fingerprint density at radius 2 is 2.03 bits per heavy atom. The number of nitrogens with zero attached hydrogens (tertiary/aromatic N) is 1. The normalized spacial score (nSPS) is 16.6. The number of methoxy groups -OCH3 is 1. The van der Waals surface area contributed by atoms with Crippen molar-refractivity contribution in [2.24, 2.45) is 0 Å². The number of aliphatic carboxylic acids is 1. The van der Waals surface area contributed by atoms with Gasteiger partial charge in [0.05, 0.1) is 30.8 Å². The Kier molecular flexibility index (Phi) is 7.10. The number of benzene rings is 2. The average Bonchev–Trinajstić information content (AvgIpc) is 2.86. The second kappa shape index (κ2) is 10.4. The predicted octanol–water partition coefficient (Wildman–Crippen LogP) is 4.06. The van der Waals surface area contributed by atoms with Crippen molar-refractivity contribution in [3.05, 3.63) is 83.6 Å². The molecule has 1 aliphatic heterocycles. The lowest BCUT2D eigenvalue weighted by Gasteiger charge is -2.34. The van der Waals surface area contributed by atoms with Crippen molar-refractivity contribution in [2.45, 2.75) is 31.3 Å². The molecule has 0 saturated heterocycles. The van der Waals surface area contributed by atoms with E-state index in [0.717, 1.165) is 36.6 Å². The summed E-state index contributed by atoms with van der Waals surface area (Å²) in [6.07, 6.45) is 2.56.